The average molecular weight is 206 g/mol. The maximum absolute atomic E-state index is 5.33. The van der Waals surface area contributed by atoms with Gasteiger partial charge in [-0.05, 0) is 19.1 Å². The Morgan fingerprint density at radius 2 is 1.87 bits per heavy atom. The fourth-order valence-electron chi connectivity index (χ4n) is 1.83. The number of para-hydroxylation sites is 1. The van der Waals surface area contributed by atoms with Gasteiger partial charge in [0.25, 0.3) is 0 Å². The maximum Gasteiger partial charge on any atom is 0.0765 e. The Morgan fingerprint density at radius 3 is 2.53 bits per heavy atom. The number of anilines is 1. The second-order valence-corrected chi connectivity index (χ2v) is 3.83. The first-order valence-corrected chi connectivity index (χ1v) is 5.49. The molecule has 0 saturated carbocycles. The molecule has 1 aromatic carbocycles. The molecule has 0 spiro atoms. The first kappa shape index (κ1) is 10.5. The molecular weight excluding hydrogens is 188 g/mol. The van der Waals surface area contributed by atoms with Crippen molar-refractivity contribution in [3.05, 3.63) is 30.3 Å². The molecule has 15 heavy (non-hydrogen) atoms. The summed E-state index contributed by atoms with van der Waals surface area (Å²) in [7, 11) is 0. The fraction of sp³-hybridized carbons (Fsp3) is 0.500. The molecule has 0 bridgehead atoms. The Kier molecular flexibility index (Phi) is 3.59. The number of nitrogens with zero attached hydrogens (tertiary/aromatic N) is 1. The number of benzene rings is 1. The highest BCUT2D eigenvalue weighted by Crippen LogP contribution is 2.10. The number of morpholine rings is 1. The van der Waals surface area contributed by atoms with Crippen LogP contribution in [-0.4, -0.2) is 37.4 Å². The molecule has 2 rings (SSSR count). The van der Waals surface area contributed by atoms with Crippen molar-refractivity contribution in [3.8, 4) is 0 Å². The van der Waals surface area contributed by atoms with Crippen LogP contribution < -0.4 is 5.32 Å². The molecule has 1 unspecified atom stereocenters. The van der Waals surface area contributed by atoms with Crippen LogP contribution >= 0.6 is 0 Å². The van der Waals surface area contributed by atoms with Gasteiger partial charge in [0, 0.05) is 18.8 Å². The van der Waals surface area contributed by atoms with Gasteiger partial charge in [-0.1, -0.05) is 18.2 Å². The van der Waals surface area contributed by atoms with E-state index in [-0.39, 0.29) is 0 Å². The molecule has 0 aliphatic carbocycles. The van der Waals surface area contributed by atoms with Crippen molar-refractivity contribution in [2.45, 2.75) is 13.1 Å². The fourth-order valence-corrected chi connectivity index (χ4v) is 1.83. The van der Waals surface area contributed by atoms with E-state index < -0.39 is 0 Å². The third-order valence-electron chi connectivity index (χ3n) is 2.74. The van der Waals surface area contributed by atoms with Crippen molar-refractivity contribution in [1.29, 1.82) is 0 Å². The molecule has 1 saturated heterocycles. The van der Waals surface area contributed by atoms with Crippen molar-refractivity contribution in [2.75, 3.05) is 31.6 Å². The SMILES string of the molecule is CC(Nc1ccccc1)N1CCOCC1. The third kappa shape index (κ3) is 2.94. The van der Waals surface area contributed by atoms with E-state index >= 15 is 0 Å². The standard InChI is InChI=1S/C12H18N2O/c1-11(14-7-9-15-10-8-14)13-12-5-3-2-4-6-12/h2-6,11,13H,7-10H2,1H3. The topological polar surface area (TPSA) is 24.5 Å². The predicted molar refractivity (Wildman–Crippen MR) is 61.9 cm³/mol. The summed E-state index contributed by atoms with van der Waals surface area (Å²) in [5.74, 6) is 0. The van der Waals surface area contributed by atoms with Gasteiger partial charge in [0.15, 0.2) is 0 Å². The van der Waals surface area contributed by atoms with Gasteiger partial charge >= 0.3 is 0 Å². The van der Waals surface area contributed by atoms with E-state index in [0.717, 1.165) is 26.3 Å². The van der Waals surface area contributed by atoms with Crippen LogP contribution in [0.2, 0.25) is 0 Å². The Hall–Kier alpha value is -1.06. The maximum atomic E-state index is 5.33. The lowest BCUT2D eigenvalue weighted by molar-refractivity contribution is 0.0254. The monoisotopic (exact) mass is 206 g/mol. The van der Waals surface area contributed by atoms with Crippen molar-refractivity contribution in [3.63, 3.8) is 0 Å². The summed E-state index contributed by atoms with van der Waals surface area (Å²) < 4.78 is 5.33. The molecule has 0 amide bonds. The summed E-state index contributed by atoms with van der Waals surface area (Å²) in [5.41, 5.74) is 1.18. The predicted octanol–water partition coefficient (Wildman–Crippen LogP) is 1.78. The molecule has 82 valence electrons. The van der Waals surface area contributed by atoms with E-state index in [1.807, 2.05) is 18.2 Å². The quantitative estimate of drug-likeness (QED) is 0.816. The molecule has 0 aromatic heterocycles. The minimum absolute atomic E-state index is 0.372. The summed E-state index contributed by atoms with van der Waals surface area (Å²) in [6, 6.07) is 10.3. The molecule has 1 N–H and O–H groups in total. The third-order valence-corrected chi connectivity index (χ3v) is 2.74. The number of ether oxygens (including phenoxy) is 1. The first-order valence-electron chi connectivity index (χ1n) is 5.49. The molecule has 3 nitrogen and oxygen atoms in total. The lowest BCUT2D eigenvalue weighted by atomic mass is 10.3. The van der Waals surface area contributed by atoms with Crippen LogP contribution in [0.5, 0.6) is 0 Å². The van der Waals surface area contributed by atoms with Crippen LogP contribution in [0.4, 0.5) is 5.69 Å². The largest absolute Gasteiger partial charge is 0.379 e. The average Bonchev–Trinajstić information content (AvgIpc) is 2.31. The molecule has 3 heteroatoms. The lowest BCUT2D eigenvalue weighted by Gasteiger charge is -2.33. The van der Waals surface area contributed by atoms with Crippen molar-refractivity contribution in [2.24, 2.45) is 0 Å². The number of rotatable bonds is 3. The Balaban J connectivity index is 1.88. The number of hydrogen-bond donors (Lipinski definition) is 1. The summed E-state index contributed by atoms with van der Waals surface area (Å²) in [6.45, 7) is 5.92. The molecule has 1 heterocycles. The van der Waals surface area contributed by atoms with Gasteiger partial charge in [0.2, 0.25) is 0 Å². The van der Waals surface area contributed by atoms with Crippen LogP contribution in [0.3, 0.4) is 0 Å². The Morgan fingerprint density at radius 1 is 1.20 bits per heavy atom. The van der Waals surface area contributed by atoms with Gasteiger partial charge < -0.3 is 10.1 Å². The summed E-state index contributed by atoms with van der Waals surface area (Å²) in [5, 5.41) is 3.48. The van der Waals surface area contributed by atoms with E-state index in [9.17, 15) is 0 Å². The van der Waals surface area contributed by atoms with Gasteiger partial charge in [-0.3, -0.25) is 4.90 Å². The van der Waals surface area contributed by atoms with Crippen molar-refractivity contribution in [1.82, 2.24) is 4.90 Å². The smallest absolute Gasteiger partial charge is 0.0765 e. The molecule has 1 aliphatic rings. The number of hydrogen-bond acceptors (Lipinski definition) is 3. The van der Waals surface area contributed by atoms with E-state index in [2.05, 4.69) is 29.3 Å². The van der Waals surface area contributed by atoms with Crippen molar-refractivity contribution < 1.29 is 4.74 Å². The summed E-state index contributed by atoms with van der Waals surface area (Å²) in [4.78, 5) is 2.40. The van der Waals surface area contributed by atoms with Crippen LogP contribution in [0.15, 0.2) is 30.3 Å². The molecule has 1 aliphatic heterocycles. The molecular formula is C12H18N2O. The minimum atomic E-state index is 0.372. The van der Waals surface area contributed by atoms with Gasteiger partial charge in [-0.25, -0.2) is 0 Å². The van der Waals surface area contributed by atoms with Gasteiger partial charge in [0.05, 0.1) is 19.4 Å². The van der Waals surface area contributed by atoms with Crippen LogP contribution in [0.1, 0.15) is 6.92 Å². The normalized spacial score (nSPS) is 19.8. The lowest BCUT2D eigenvalue weighted by Crippen LogP contribution is -2.45. The second kappa shape index (κ2) is 5.14. The minimum Gasteiger partial charge on any atom is -0.379 e. The highest BCUT2D eigenvalue weighted by Gasteiger charge is 2.16. The Labute approximate surface area is 91.0 Å². The second-order valence-electron chi connectivity index (χ2n) is 3.83. The Bertz CT molecular complexity index is 283. The van der Waals surface area contributed by atoms with Crippen LogP contribution in [0, 0.1) is 0 Å². The van der Waals surface area contributed by atoms with Crippen LogP contribution in [0.25, 0.3) is 0 Å². The zero-order valence-electron chi connectivity index (χ0n) is 9.15. The molecule has 1 aromatic rings. The van der Waals surface area contributed by atoms with Gasteiger partial charge in [-0.2, -0.15) is 0 Å². The van der Waals surface area contributed by atoms with Gasteiger partial charge in [0.1, 0.15) is 0 Å². The van der Waals surface area contributed by atoms with Crippen LogP contribution in [-0.2, 0) is 4.74 Å². The summed E-state index contributed by atoms with van der Waals surface area (Å²) >= 11 is 0. The zero-order valence-corrected chi connectivity index (χ0v) is 9.15. The number of nitrogens with one attached hydrogen (secondary N) is 1. The molecule has 1 atom stereocenters. The zero-order chi connectivity index (χ0) is 10.5. The van der Waals surface area contributed by atoms with E-state index in [1.54, 1.807) is 0 Å². The van der Waals surface area contributed by atoms with E-state index in [1.165, 1.54) is 5.69 Å². The summed E-state index contributed by atoms with van der Waals surface area (Å²) in [6.07, 6.45) is 0.372. The van der Waals surface area contributed by atoms with Gasteiger partial charge in [-0.15, -0.1) is 0 Å². The van der Waals surface area contributed by atoms with E-state index in [4.69, 9.17) is 4.74 Å². The highest BCUT2D eigenvalue weighted by atomic mass is 16.5. The molecule has 0 radical (unpaired) electrons. The first-order chi connectivity index (χ1) is 7.36. The molecule has 1 fully saturated rings. The highest BCUT2D eigenvalue weighted by molar-refractivity contribution is 5.43. The van der Waals surface area contributed by atoms with Crippen molar-refractivity contribution >= 4 is 5.69 Å². The van der Waals surface area contributed by atoms with E-state index in [0.29, 0.717) is 6.17 Å².